The van der Waals surface area contributed by atoms with Gasteiger partial charge in [0, 0.05) is 22.9 Å². The van der Waals surface area contributed by atoms with E-state index < -0.39 is 0 Å². The maximum Gasteiger partial charge on any atom is 0.293 e. The number of carbonyl (C=O) groups is 1. The Morgan fingerprint density at radius 3 is 2.92 bits per heavy atom. The predicted octanol–water partition coefficient (Wildman–Crippen LogP) is 4.74. The van der Waals surface area contributed by atoms with Gasteiger partial charge in [0.15, 0.2) is 10.9 Å². The number of ether oxygens (including phenoxy) is 1. The Bertz CT molecular complexity index is 1030. The van der Waals surface area contributed by atoms with E-state index in [-0.39, 0.29) is 11.7 Å². The number of nitrogens with zero attached hydrogens (tertiary/aromatic N) is 1. The zero-order valence-corrected chi connectivity index (χ0v) is 14.9. The number of aromatic nitrogens is 1. The van der Waals surface area contributed by atoms with Crippen LogP contribution in [-0.4, -0.2) is 18.0 Å². The van der Waals surface area contributed by atoms with Gasteiger partial charge < -0.3 is 9.15 Å². The lowest BCUT2D eigenvalue weighted by Gasteiger charge is -2.02. The van der Waals surface area contributed by atoms with Crippen LogP contribution in [0.5, 0.6) is 5.75 Å². The van der Waals surface area contributed by atoms with Crippen LogP contribution >= 0.6 is 11.3 Å². The molecule has 4 aromatic rings. The summed E-state index contributed by atoms with van der Waals surface area (Å²) >= 11 is 1.45. The number of anilines is 1. The standard InChI is InChI=1S/C20H16N2O3S/c1-24-15-7-4-5-13(9-15)10-16-12-21-20(26-16)22-19(23)18-11-14-6-2-3-8-17(14)25-18/h2-9,11-12H,10H2,1H3,(H,21,22,23). The normalized spacial score (nSPS) is 10.8. The Kier molecular flexibility index (Phi) is 4.41. The van der Waals surface area contributed by atoms with Crippen LogP contribution < -0.4 is 10.1 Å². The largest absolute Gasteiger partial charge is 0.497 e. The number of hydrogen-bond acceptors (Lipinski definition) is 5. The zero-order valence-electron chi connectivity index (χ0n) is 14.1. The molecule has 2 aromatic carbocycles. The summed E-state index contributed by atoms with van der Waals surface area (Å²) in [5.41, 5.74) is 1.82. The van der Waals surface area contributed by atoms with Crippen molar-refractivity contribution in [1.29, 1.82) is 0 Å². The summed E-state index contributed by atoms with van der Waals surface area (Å²) in [4.78, 5) is 17.7. The van der Waals surface area contributed by atoms with Gasteiger partial charge in [0.2, 0.25) is 0 Å². The van der Waals surface area contributed by atoms with E-state index in [1.807, 2.05) is 48.5 Å². The molecule has 0 saturated carbocycles. The van der Waals surface area contributed by atoms with Crippen LogP contribution in [0.1, 0.15) is 21.0 Å². The maximum absolute atomic E-state index is 12.4. The number of carbonyl (C=O) groups excluding carboxylic acids is 1. The summed E-state index contributed by atoms with van der Waals surface area (Å²) in [7, 11) is 1.65. The summed E-state index contributed by atoms with van der Waals surface area (Å²) < 4.78 is 10.8. The van der Waals surface area contributed by atoms with Crippen molar-refractivity contribution in [3.63, 3.8) is 0 Å². The Morgan fingerprint density at radius 2 is 2.08 bits per heavy atom. The molecule has 2 heterocycles. The van der Waals surface area contributed by atoms with Crippen molar-refractivity contribution < 1.29 is 13.9 Å². The van der Waals surface area contributed by atoms with Gasteiger partial charge in [-0.1, -0.05) is 30.3 Å². The van der Waals surface area contributed by atoms with Crippen molar-refractivity contribution >= 4 is 33.3 Å². The molecule has 130 valence electrons. The Balaban J connectivity index is 1.46. The lowest BCUT2D eigenvalue weighted by Crippen LogP contribution is -2.10. The molecule has 0 spiro atoms. The fraction of sp³-hybridized carbons (Fsp3) is 0.100. The SMILES string of the molecule is COc1cccc(Cc2cnc(NC(=O)c3cc4ccccc4o3)s2)c1. The molecule has 0 aliphatic rings. The van der Waals surface area contributed by atoms with Gasteiger partial charge in [0.1, 0.15) is 11.3 Å². The number of benzene rings is 2. The first-order valence-electron chi connectivity index (χ1n) is 8.09. The minimum atomic E-state index is -0.302. The number of nitrogens with one attached hydrogen (secondary N) is 1. The summed E-state index contributed by atoms with van der Waals surface area (Å²) in [6, 6.07) is 17.2. The molecule has 0 unspecified atom stereocenters. The molecule has 6 heteroatoms. The van der Waals surface area contributed by atoms with Crippen molar-refractivity contribution in [1.82, 2.24) is 4.98 Å². The minimum Gasteiger partial charge on any atom is -0.497 e. The molecule has 1 N–H and O–H groups in total. The van der Waals surface area contributed by atoms with Crippen molar-refractivity contribution in [2.45, 2.75) is 6.42 Å². The quantitative estimate of drug-likeness (QED) is 0.555. The van der Waals surface area contributed by atoms with Crippen LogP contribution in [0.3, 0.4) is 0 Å². The number of rotatable bonds is 5. The summed E-state index contributed by atoms with van der Waals surface area (Å²) in [6.07, 6.45) is 2.51. The molecule has 0 fully saturated rings. The third-order valence-corrected chi connectivity index (χ3v) is 4.85. The summed E-state index contributed by atoms with van der Waals surface area (Å²) in [6.45, 7) is 0. The number of hydrogen-bond donors (Lipinski definition) is 1. The van der Waals surface area contributed by atoms with Gasteiger partial charge in [-0.15, -0.1) is 11.3 Å². The van der Waals surface area contributed by atoms with Crippen LogP contribution in [0.15, 0.2) is 65.2 Å². The van der Waals surface area contributed by atoms with Crippen LogP contribution in [0, 0.1) is 0 Å². The van der Waals surface area contributed by atoms with Crippen molar-refractivity contribution in [3.05, 3.63) is 77.0 Å². The zero-order chi connectivity index (χ0) is 17.9. The second-order valence-corrected chi connectivity index (χ2v) is 6.88. The fourth-order valence-corrected chi connectivity index (χ4v) is 3.52. The maximum atomic E-state index is 12.4. The monoisotopic (exact) mass is 364 g/mol. The van der Waals surface area contributed by atoms with Gasteiger partial charge >= 0.3 is 0 Å². The Hall–Kier alpha value is -3.12. The van der Waals surface area contributed by atoms with Crippen molar-refractivity contribution in [2.24, 2.45) is 0 Å². The lowest BCUT2D eigenvalue weighted by atomic mass is 10.1. The van der Waals surface area contributed by atoms with Crippen LogP contribution in [0.4, 0.5) is 5.13 Å². The molecule has 0 saturated heterocycles. The number of para-hydroxylation sites is 1. The van der Waals surface area contributed by atoms with Crippen LogP contribution in [-0.2, 0) is 6.42 Å². The topological polar surface area (TPSA) is 64.4 Å². The van der Waals surface area contributed by atoms with Gasteiger partial charge in [0.05, 0.1) is 7.11 Å². The van der Waals surface area contributed by atoms with Crippen molar-refractivity contribution in [2.75, 3.05) is 12.4 Å². The first kappa shape index (κ1) is 16.4. The van der Waals surface area contributed by atoms with Gasteiger partial charge in [-0.05, 0) is 29.8 Å². The average Bonchev–Trinajstić information content (AvgIpc) is 3.28. The highest BCUT2D eigenvalue weighted by molar-refractivity contribution is 7.15. The lowest BCUT2D eigenvalue weighted by molar-refractivity contribution is 0.0998. The van der Waals surface area contributed by atoms with Gasteiger partial charge in [0.25, 0.3) is 5.91 Å². The van der Waals surface area contributed by atoms with E-state index in [4.69, 9.17) is 9.15 Å². The highest BCUT2D eigenvalue weighted by Gasteiger charge is 2.14. The summed E-state index contributed by atoms with van der Waals surface area (Å²) in [5, 5.41) is 4.25. The van der Waals surface area contributed by atoms with E-state index in [0.717, 1.165) is 28.0 Å². The fourth-order valence-electron chi connectivity index (χ4n) is 2.68. The van der Waals surface area contributed by atoms with Gasteiger partial charge in [-0.2, -0.15) is 0 Å². The second kappa shape index (κ2) is 7.01. The Labute approximate surface area is 154 Å². The molecule has 1 amide bonds. The van der Waals surface area contributed by atoms with E-state index in [1.165, 1.54) is 11.3 Å². The number of methoxy groups -OCH3 is 1. The highest BCUT2D eigenvalue weighted by Crippen LogP contribution is 2.24. The third-order valence-electron chi connectivity index (χ3n) is 3.94. The molecule has 0 aliphatic heterocycles. The molecular weight excluding hydrogens is 348 g/mol. The number of amides is 1. The first-order chi connectivity index (χ1) is 12.7. The smallest absolute Gasteiger partial charge is 0.293 e. The van der Waals surface area contributed by atoms with Gasteiger partial charge in [-0.3, -0.25) is 10.1 Å². The molecule has 4 rings (SSSR count). The van der Waals surface area contributed by atoms with Gasteiger partial charge in [-0.25, -0.2) is 4.98 Å². The van der Waals surface area contributed by atoms with E-state index >= 15 is 0 Å². The molecular formula is C20H16N2O3S. The van der Waals surface area contributed by atoms with E-state index in [9.17, 15) is 4.79 Å². The molecule has 26 heavy (non-hydrogen) atoms. The van der Waals surface area contributed by atoms with E-state index in [1.54, 1.807) is 19.4 Å². The number of fused-ring (bicyclic) bond motifs is 1. The molecule has 5 nitrogen and oxygen atoms in total. The molecule has 0 radical (unpaired) electrons. The summed E-state index contributed by atoms with van der Waals surface area (Å²) in [5.74, 6) is 0.796. The molecule has 0 aliphatic carbocycles. The Morgan fingerprint density at radius 1 is 1.19 bits per heavy atom. The molecule has 2 aromatic heterocycles. The minimum absolute atomic E-state index is 0.274. The van der Waals surface area contributed by atoms with Crippen LogP contribution in [0.25, 0.3) is 11.0 Å². The van der Waals surface area contributed by atoms with E-state index in [2.05, 4.69) is 10.3 Å². The predicted molar refractivity (Wildman–Crippen MR) is 102 cm³/mol. The molecule has 0 atom stereocenters. The highest BCUT2D eigenvalue weighted by atomic mass is 32.1. The average molecular weight is 364 g/mol. The van der Waals surface area contributed by atoms with Crippen LogP contribution in [0.2, 0.25) is 0 Å². The van der Waals surface area contributed by atoms with E-state index in [0.29, 0.717) is 10.7 Å². The molecule has 0 bridgehead atoms. The third kappa shape index (κ3) is 3.45. The number of furan rings is 1. The second-order valence-electron chi connectivity index (χ2n) is 5.76. The first-order valence-corrected chi connectivity index (χ1v) is 8.90. The number of thiazole rings is 1. The van der Waals surface area contributed by atoms with Crippen molar-refractivity contribution in [3.8, 4) is 5.75 Å².